The van der Waals surface area contributed by atoms with Gasteiger partial charge in [0.2, 0.25) is 0 Å². The standard InChI is InChI=1S/C15H12ClNOS/c16-13-7-11(17)5-6-14(13)18-8-10-9-19-15-4-2-1-3-12(10)15/h1-7,9H,8,17H2. The Bertz CT molecular complexity index is 723. The van der Waals surface area contributed by atoms with Crippen molar-refractivity contribution in [3.63, 3.8) is 0 Å². The summed E-state index contributed by atoms with van der Waals surface area (Å²) in [6.45, 7) is 0.508. The van der Waals surface area contributed by atoms with Gasteiger partial charge < -0.3 is 10.5 Å². The van der Waals surface area contributed by atoms with Crippen LogP contribution in [0.2, 0.25) is 5.02 Å². The highest BCUT2D eigenvalue weighted by molar-refractivity contribution is 7.17. The number of hydrogen-bond acceptors (Lipinski definition) is 3. The van der Waals surface area contributed by atoms with Crippen molar-refractivity contribution < 1.29 is 4.74 Å². The molecule has 3 rings (SSSR count). The Morgan fingerprint density at radius 3 is 2.84 bits per heavy atom. The van der Waals surface area contributed by atoms with Crippen molar-refractivity contribution in [1.82, 2.24) is 0 Å². The smallest absolute Gasteiger partial charge is 0.138 e. The summed E-state index contributed by atoms with van der Waals surface area (Å²) in [5.41, 5.74) is 7.47. The molecule has 0 aliphatic carbocycles. The average Bonchev–Trinajstić information content (AvgIpc) is 2.81. The second-order valence-corrected chi connectivity index (χ2v) is 5.55. The zero-order chi connectivity index (χ0) is 13.2. The molecule has 0 saturated carbocycles. The number of benzene rings is 2. The van der Waals surface area contributed by atoms with E-state index >= 15 is 0 Å². The van der Waals surface area contributed by atoms with Crippen molar-refractivity contribution in [2.24, 2.45) is 0 Å². The first-order valence-electron chi connectivity index (χ1n) is 5.87. The van der Waals surface area contributed by atoms with Gasteiger partial charge in [0.1, 0.15) is 12.4 Å². The third-order valence-corrected chi connectivity index (χ3v) is 4.21. The van der Waals surface area contributed by atoms with Crippen molar-refractivity contribution in [1.29, 1.82) is 0 Å². The molecule has 2 nitrogen and oxygen atoms in total. The molecule has 0 fully saturated rings. The van der Waals surface area contributed by atoms with E-state index in [0.717, 1.165) is 0 Å². The maximum absolute atomic E-state index is 6.09. The van der Waals surface area contributed by atoms with Crippen LogP contribution in [0.25, 0.3) is 10.1 Å². The summed E-state index contributed by atoms with van der Waals surface area (Å²) in [4.78, 5) is 0. The Hall–Kier alpha value is -1.71. The van der Waals surface area contributed by atoms with Crippen LogP contribution in [0, 0.1) is 0 Å². The first kappa shape index (κ1) is 12.3. The number of thiophene rings is 1. The van der Waals surface area contributed by atoms with Crippen molar-refractivity contribution in [3.8, 4) is 5.75 Å². The molecule has 0 amide bonds. The van der Waals surface area contributed by atoms with Gasteiger partial charge in [0, 0.05) is 16.0 Å². The van der Waals surface area contributed by atoms with Crippen LogP contribution in [-0.4, -0.2) is 0 Å². The van der Waals surface area contributed by atoms with Crippen LogP contribution in [0.5, 0.6) is 5.75 Å². The molecule has 0 bridgehead atoms. The van der Waals surface area contributed by atoms with E-state index in [1.165, 1.54) is 15.6 Å². The molecule has 96 valence electrons. The van der Waals surface area contributed by atoms with Crippen LogP contribution in [0.3, 0.4) is 0 Å². The molecule has 0 aliphatic rings. The first-order valence-corrected chi connectivity index (χ1v) is 7.13. The number of fused-ring (bicyclic) bond motifs is 1. The molecule has 0 unspecified atom stereocenters. The lowest BCUT2D eigenvalue weighted by molar-refractivity contribution is 0.308. The van der Waals surface area contributed by atoms with E-state index in [2.05, 4.69) is 17.5 Å². The van der Waals surface area contributed by atoms with Crippen molar-refractivity contribution in [2.75, 3.05) is 5.73 Å². The maximum atomic E-state index is 6.09. The van der Waals surface area contributed by atoms with Crippen LogP contribution in [0.15, 0.2) is 47.8 Å². The zero-order valence-electron chi connectivity index (χ0n) is 10.1. The van der Waals surface area contributed by atoms with Gasteiger partial charge in [-0.1, -0.05) is 29.8 Å². The lowest BCUT2D eigenvalue weighted by atomic mass is 10.2. The fourth-order valence-corrected chi connectivity index (χ4v) is 3.13. The van der Waals surface area contributed by atoms with Gasteiger partial charge in [0.25, 0.3) is 0 Å². The van der Waals surface area contributed by atoms with Gasteiger partial charge in [0.15, 0.2) is 0 Å². The molecular weight excluding hydrogens is 278 g/mol. The summed E-state index contributed by atoms with van der Waals surface area (Å²) in [6.07, 6.45) is 0. The van der Waals surface area contributed by atoms with E-state index in [0.29, 0.717) is 23.1 Å². The van der Waals surface area contributed by atoms with E-state index in [1.54, 1.807) is 29.5 Å². The number of ether oxygens (including phenoxy) is 1. The van der Waals surface area contributed by atoms with E-state index in [9.17, 15) is 0 Å². The van der Waals surface area contributed by atoms with Crippen LogP contribution in [0.4, 0.5) is 5.69 Å². The molecular formula is C15H12ClNOS. The van der Waals surface area contributed by atoms with Gasteiger partial charge in [-0.25, -0.2) is 0 Å². The zero-order valence-corrected chi connectivity index (χ0v) is 11.7. The molecule has 2 N–H and O–H groups in total. The number of halogens is 1. The van der Waals surface area contributed by atoms with E-state index in [4.69, 9.17) is 22.1 Å². The lowest BCUT2D eigenvalue weighted by Gasteiger charge is -2.08. The van der Waals surface area contributed by atoms with Crippen LogP contribution >= 0.6 is 22.9 Å². The SMILES string of the molecule is Nc1ccc(OCc2csc3ccccc23)c(Cl)c1. The predicted octanol–water partition coefficient (Wildman–Crippen LogP) is 4.72. The quantitative estimate of drug-likeness (QED) is 0.708. The van der Waals surface area contributed by atoms with Crippen molar-refractivity contribution in [2.45, 2.75) is 6.61 Å². The fraction of sp³-hybridized carbons (Fsp3) is 0.0667. The summed E-state index contributed by atoms with van der Waals surface area (Å²) in [6, 6.07) is 13.6. The normalized spacial score (nSPS) is 10.8. The molecule has 0 spiro atoms. The van der Waals surface area contributed by atoms with E-state index in [-0.39, 0.29) is 0 Å². The average molecular weight is 290 g/mol. The van der Waals surface area contributed by atoms with E-state index in [1.807, 2.05) is 12.1 Å². The number of anilines is 1. The molecule has 2 aromatic carbocycles. The van der Waals surface area contributed by atoms with Crippen LogP contribution < -0.4 is 10.5 Å². The Labute approximate surface area is 120 Å². The lowest BCUT2D eigenvalue weighted by Crippen LogP contribution is -1.95. The molecule has 0 aliphatic heterocycles. The highest BCUT2D eigenvalue weighted by Gasteiger charge is 2.06. The minimum Gasteiger partial charge on any atom is -0.487 e. The van der Waals surface area contributed by atoms with Gasteiger partial charge in [-0.2, -0.15) is 0 Å². The third kappa shape index (κ3) is 2.53. The molecule has 19 heavy (non-hydrogen) atoms. The summed E-state index contributed by atoms with van der Waals surface area (Å²) < 4.78 is 7.03. The molecule has 1 heterocycles. The molecule has 1 aromatic heterocycles. The van der Waals surface area contributed by atoms with E-state index < -0.39 is 0 Å². The number of hydrogen-bond donors (Lipinski definition) is 1. The molecule has 0 atom stereocenters. The summed E-state index contributed by atoms with van der Waals surface area (Å²) in [5, 5.41) is 3.90. The van der Waals surface area contributed by atoms with Crippen molar-refractivity contribution >= 4 is 38.7 Å². The van der Waals surface area contributed by atoms with Crippen LogP contribution in [-0.2, 0) is 6.61 Å². The monoisotopic (exact) mass is 289 g/mol. The Kier molecular flexibility index (Phi) is 3.32. The molecule has 4 heteroatoms. The van der Waals surface area contributed by atoms with Gasteiger partial charge in [-0.15, -0.1) is 11.3 Å². The predicted molar refractivity (Wildman–Crippen MR) is 82.0 cm³/mol. The number of nitrogens with two attached hydrogens (primary N) is 1. The van der Waals surface area contributed by atoms with Gasteiger partial charge in [0.05, 0.1) is 5.02 Å². The molecule has 0 saturated heterocycles. The third-order valence-electron chi connectivity index (χ3n) is 2.90. The summed E-state index contributed by atoms with van der Waals surface area (Å²) in [7, 11) is 0. The molecule has 0 radical (unpaired) electrons. The number of nitrogen functional groups attached to an aromatic ring is 1. The Balaban J connectivity index is 1.82. The first-order chi connectivity index (χ1) is 9.24. The fourth-order valence-electron chi connectivity index (χ4n) is 1.93. The minimum absolute atomic E-state index is 0.508. The second-order valence-electron chi connectivity index (χ2n) is 4.24. The van der Waals surface area contributed by atoms with Gasteiger partial charge >= 0.3 is 0 Å². The van der Waals surface area contributed by atoms with Crippen molar-refractivity contribution in [3.05, 3.63) is 58.4 Å². The number of rotatable bonds is 3. The maximum Gasteiger partial charge on any atom is 0.138 e. The topological polar surface area (TPSA) is 35.2 Å². The van der Waals surface area contributed by atoms with Gasteiger partial charge in [-0.05, 0) is 35.0 Å². The Morgan fingerprint density at radius 1 is 1.16 bits per heavy atom. The summed E-state index contributed by atoms with van der Waals surface area (Å²) in [5.74, 6) is 0.658. The summed E-state index contributed by atoms with van der Waals surface area (Å²) >= 11 is 7.81. The highest BCUT2D eigenvalue weighted by Crippen LogP contribution is 2.30. The second kappa shape index (κ2) is 5.11. The highest BCUT2D eigenvalue weighted by atomic mass is 35.5. The molecule has 3 aromatic rings. The largest absolute Gasteiger partial charge is 0.487 e. The van der Waals surface area contributed by atoms with Crippen LogP contribution in [0.1, 0.15) is 5.56 Å². The van der Waals surface area contributed by atoms with Gasteiger partial charge in [-0.3, -0.25) is 0 Å². The minimum atomic E-state index is 0.508. The Morgan fingerprint density at radius 2 is 2.00 bits per heavy atom.